The Labute approximate surface area is 195 Å². The smallest absolute Gasteiger partial charge is 0.338 e. The molecular formula is C29H31NO3. The van der Waals surface area contributed by atoms with Gasteiger partial charge in [-0.05, 0) is 55.3 Å². The highest BCUT2D eigenvalue weighted by molar-refractivity contribution is 5.99. The first kappa shape index (κ1) is 22.7. The number of carbonyl (C=O) groups excluding carboxylic acids is 1. The average molecular weight is 442 g/mol. The molecule has 4 nitrogen and oxygen atoms in total. The summed E-state index contributed by atoms with van der Waals surface area (Å²) < 4.78 is 11.9. The Morgan fingerprint density at radius 1 is 0.939 bits per heavy atom. The molecule has 0 N–H and O–H groups in total. The highest BCUT2D eigenvalue weighted by Gasteiger charge is 2.24. The van der Waals surface area contributed by atoms with Crippen LogP contribution in [0.25, 0.3) is 12.2 Å². The molecule has 0 saturated heterocycles. The van der Waals surface area contributed by atoms with Crippen molar-refractivity contribution in [1.82, 2.24) is 0 Å². The van der Waals surface area contributed by atoms with Crippen LogP contribution in [0.5, 0.6) is 11.5 Å². The molecule has 0 fully saturated rings. The summed E-state index contributed by atoms with van der Waals surface area (Å²) in [6.07, 6.45) is 1.83. The lowest BCUT2D eigenvalue weighted by Crippen LogP contribution is -2.23. The van der Waals surface area contributed by atoms with Crippen LogP contribution in [0.15, 0.2) is 60.7 Å². The van der Waals surface area contributed by atoms with Gasteiger partial charge in [0.15, 0.2) is 0 Å². The molecule has 33 heavy (non-hydrogen) atoms. The van der Waals surface area contributed by atoms with Crippen molar-refractivity contribution in [3.8, 4) is 11.5 Å². The standard InChI is InChI=1S/C29H31NO3/c1-5-8-17-32-29(31)23-12-10-9-11-22(23)28-24-15-13-20(4)18-26(24)33-27-19-21(14-16-25(27)28)30(6-2)7-3/h9-16,18-19H,4-8,17H2,1-3H3. The van der Waals surface area contributed by atoms with Crippen molar-refractivity contribution >= 4 is 23.8 Å². The summed E-state index contributed by atoms with van der Waals surface area (Å²) in [4.78, 5) is 15.3. The van der Waals surface area contributed by atoms with Crippen LogP contribution in [-0.2, 0) is 4.74 Å². The van der Waals surface area contributed by atoms with E-state index in [-0.39, 0.29) is 5.97 Å². The SMILES string of the molecule is C=c1ccc2c(c1)Oc1cc(N(CC)CC)ccc1C=2c1ccccc1C(=O)OCCCC. The zero-order chi connectivity index (χ0) is 23.4. The van der Waals surface area contributed by atoms with E-state index in [4.69, 9.17) is 9.47 Å². The largest absolute Gasteiger partial charge is 0.462 e. The van der Waals surface area contributed by atoms with E-state index in [1.165, 1.54) is 0 Å². The first-order valence-electron chi connectivity index (χ1n) is 11.7. The summed E-state index contributed by atoms with van der Waals surface area (Å²) in [6, 6.07) is 19.9. The number of esters is 1. The lowest BCUT2D eigenvalue weighted by Gasteiger charge is -2.26. The van der Waals surface area contributed by atoms with E-state index in [1.807, 2.05) is 42.5 Å². The van der Waals surface area contributed by atoms with Crippen molar-refractivity contribution in [1.29, 1.82) is 0 Å². The fourth-order valence-corrected chi connectivity index (χ4v) is 4.26. The number of anilines is 1. The molecule has 1 heterocycles. The minimum atomic E-state index is -0.297. The van der Waals surface area contributed by atoms with Gasteiger partial charge in [-0.15, -0.1) is 0 Å². The van der Waals surface area contributed by atoms with Gasteiger partial charge in [-0.25, -0.2) is 4.79 Å². The van der Waals surface area contributed by atoms with Crippen LogP contribution in [0.3, 0.4) is 0 Å². The third-order valence-electron chi connectivity index (χ3n) is 6.05. The Morgan fingerprint density at radius 3 is 2.48 bits per heavy atom. The van der Waals surface area contributed by atoms with E-state index in [0.717, 1.165) is 70.3 Å². The Hall–Kier alpha value is -3.53. The molecule has 0 spiro atoms. The highest BCUT2D eigenvalue weighted by atomic mass is 16.5. The molecule has 4 heteroatoms. The maximum atomic E-state index is 13.0. The third-order valence-corrected chi connectivity index (χ3v) is 6.05. The summed E-state index contributed by atoms with van der Waals surface area (Å²) in [5, 5.41) is 1.82. The number of unbranched alkanes of at least 4 members (excludes halogenated alkanes) is 1. The number of carbonyl (C=O) groups is 1. The molecule has 0 radical (unpaired) electrons. The normalized spacial score (nSPS) is 11.9. The van der Waals surface area contributed by atoms with Gasteiger partial charge < -0.3 is 14.4 Å². The molecule has 0 aliphatic carbocycles. The second-order valence-electron chi connectivity index (χ2n) is 8.20. The number of fused-ring (bicyclic) bond motifs is 2. The van der Waals surface area contributed by atoms with E-state index < -0.39 is 0 Å². The molecule has 0 aromatic heterocycles. The number of benzene rings is 3. The Bertz CT molecular complexity index is 1270. The molecule has 3 aromatic carbocycles. The van der Waals surface area contributed by atoms with Gasteiger partial charge in [0, 0.05) is 41.2 Å². The van der Waals surface area contributed by atoms with Crippen LogP contribution in [0.2, 0.25) is 0 Å². The predicted octanol–water partition coefficient (Wildman–Crippen LogP) is 5.25. The van der Waals surface area contributed by atoms with Crippen molar-refractivity contribution in [3.63, 3.8) is 0 Å². The second kappa shape index (κ2) is 9.95. The van der Waals surface area contributed by atoms with Crippen molar-refractivity contribution < 1.29 is 14.3 Å². The molecule has 170 valence electrons. The topological polar surface area (TPSA) is 38.8 Å². The Morgan fingerprint density at radius 2 is 1.73 bits per heavy atom. The van der Waals surface area contributed by atoms with Crippen molar-refractivity contribution in [3.05, 3.63) is 87.8 Å². The number of hydrogen-bond acceptors (Lipinski definition) is 4. The molecule has 1 aliphatic heterocycles. The minimum Gasteiger partial charge on any atom is -0.462 e. The molecule has 0 bridgehead atoms. The molecule has 0 unspecified atom stereocenters. The molecule has 0 saturated carbocycles. The minimum absolute atomic E-state index is 0.297. The maximum absolute atomic E-state index is 13.0. The lowest BCUT2D eigenvalue weighted by molar-refractivity contribution is 0.0499. The summed E-state index contributed by atoms with van der Waals surface area (Å²) >= 11 is 0. The van der Waals surface area contributed by atoms with Gasteiger partial charge in [-0.3, -0.25) is 0 Å². The monoisotopic (exact) mass is 441 g/mol. The van der Waals surface area contributed by atoms with Gasteiger partial charge in [-0.1, -0.05) is 50.3 Å². The molecule has 3 aromatic rings. The average Bonchev–Trinajstić information content (AvgIpc) is 2.83. The quantitative estimate of drug-likeness (QED) is 0.276. The summed E-state index contributed by atoms with van der Waals surface area (Å²) in [6.45, 7) is 12.7. The maximum Gasteiger partial charge on any atom is 0.338 e. The fraction of sp³-hybridized carbons (Fsp3) is 0.276. The Kier molecular flexibility index (Phi) is 6.83. The summed E-state index contributed by atoms with van der Waals surface area (Å²) in [5.74, 6) is 1.23. The first-order valence-corrected chi connectivity index (χ1v) is 11.7. The van der Waals surface area contributed by atoms with Crippen molar-refractivity contribution in [2.24, 2.45) is 0 Å². The van der Waals surface area contributed by atoms with E-state index in [1.54, 1.807) is 0 Å². The van der Waals surface area contributed by atoms with Crippen LogP contribution in [0.4, 0.5) is 5.69 Å². The van der Waals surface area contributed by atoms with Gasteiger partial charge in [0.1, 0.15) is 11.5 Å². The van der Waals surface area contributed by atoms with Crippen LogP contribution in [0.1, 0.15) is 55.1 Å². The molecule has 0 atom stereocenters. The first-order chi connectivity index (χ1) is 16.1. The third kappa shape index (κ3) is 4.51. The number of rotatable bonds is 8. The molecule has 1 aliphatic rings. The van der Waals surface area contributed by atoms with Gasteiger partial charge in [0.05, 0.1) is 12.2 Å². The highest BCUT2D eigenvalue weighted by Crippen LogP contribution is 2.39. The number of hydrogen-bond donors (Lipinski definition) is 0. The molecular weight excluding hydrogens is 410 g/mol. The molecule has 0 amide bonds. The summed E-state index contributed by atoms with van der Waals surface area (Å²) in [5.41, 5.74) is 4.45. The van der Waals surface area contributed by atoms with Gasteiger partial charge in [0.2, 0.25) is 0 Å². The van der Waals surface area contributed by atoms with Crippen LogP contribution in [-0.4, -0.2) is 25.7 Å². The van der Waals surface area contributed by atoms with E-state index in [0.29, 0.717) is 12.2 Å². The van der Waals surface area contributed by atoms with Gasteiger partial charge >= 0.3 is 5.97 Å². The zero-order valence-electron chi connectivity index (χ0n) is 19.7. The predicted molar refractivity (Wildman–Crippen MR) is 135 cm³/mol. The van der Waals surface area contributed by atoms with Crippen LogP contribution in [0, 0.1) is 0 Å². The van der Waals surface area contributed by atoms with E-state index >= 15 is 0 Å². The van der Waals surface area contributed by atoms with Crippen LogP contribution >= 0.6 is 0 Å². The van der Waals surface area contributed by atoms with Gasteiger partial charge in [-0.2, -0.15) is 0 Å². The van der Waals surface area contributed by atoms with Gasteiger partial charge in [0.25, 0.3) is 0 Å². The van der Waals surface area contributed by atoms with Crippen molar-refractivity contribution in [2.45, 2.75) is 33.6 Å². The Balaban J connectivity index is 1.92. The summed E-state index contributed by atoms with van der Waals surface area (Å²) in [7, 11) is 0. The second-order valence-corrected chi connectivity index (χ2v) is 8.20. The van der Waals surface area contributed by atoms with Crippen molar-refractivity contribution in [2.75, 3.05) is 24.6 Å². The van der Waals surface area contributed by atoms with E-state index in [9.17, 15) is 4.79 Å². The molecule has 4 rings (SSSR count). The van der Waals surface area contributed by atoms with Crippen LogP contribution < -0.4 is 20.1 Å². The zero-order valence-corrected chi connectivity index (χ0v) is 19.7. The lowest BCUT2D eigenvalue weighted by atomic mass is 9.89. The fourth-order valence-electron chi connectivity index (χ4n) is 4.26. The number of ether oxygens (including phenoxy) is 2. The van der Waals surface area contributed by atoms with E-state index in [2.05, 4.69) is 50.4 Å². The number of nitrogens with zero attached hydrogens (tertiary/aromatic N) is 1.